The number of benzene rings is 8. The molecule has 0 unspecified atom stereocenters. The van der Waals surface area contributed by atoms with Crippen LogP contribution in [0.3, 0.4) is 0 Å². The molecular weight excluding hydrogens is 801 g/mol. The van der Waals surface area contributed by atoms with Gasteiger partial charge < -0.3 is 0 Å². The van der Waals surface area contributed by atoms with Crippen molar-refractivity contribution >= 4 is 87.2 Å². The molecule has 0 N–H and O–H groups in total. The molecule has 8 aromatic carbocycles. The molecule has 66 heavy (non-hydrogen) atoms. The fourth-order valence-electron chi connectivity index (χ4n) is 11.7. The zero-order chi connectivity index (χ0) is 43.6. The lowest BCUT2D eigenvalue weighted by atomic mass is 9.99. The number of fused-ring (bicyclic) bond motifs is 6. The van der Waals surface area contributed by atoms with Crippen molar-refractivity contribution in [3.63, 3.8) is 0 Å². The van der Waals surface area contributed by atoms with Crippen molar-refractivity contribution in [2.75, 3.05) is 0 Å². The topological polar surface area (TPSA) is 16.6 Å². The lowest BCUT2D eigenvalue weighted by Crippen LogP contribution is -2.27. The molecule has 308 valence electrons. The van der Waals surface area contributed by atoms with E-state index in [1.54, 1.807) is 0 Å². The van der Waals surface area contributed by atoms with E-state index in [-0.39, 0.29) is 0 Å². The molecule has 14 rings (SSSR count). The van der Waals surface area contributed by atoms with Crippen LogP contribution < -0.4 is 9.13 Å². The van der Waals surface area contributed by atoms with Gasteiger partial charge in [-0.15, -0.1) is 0 Å². The van der Waals surface area contributed by atoms with E-state index >= 15 is 0 Å². The molecule has 0 saturated heterocycles. The summed E-state index contributed by atoms with van der Waals surface area (Å²) in [5.41, 5.74) is 18.6. The zero-order valence-electron chi connectivity index (χ0n) is 36.6. The molecule has 0 aliphatic carbocycles. The average molecular weight is 843 g/mol. The van der Waals surface area contributed by atoms with Gasteiger partial charge in [0.15, 0.2) is 0 Å². The molecule has 6 heterocycles. The van der Waals surface area contributed by atoms with Gasteiger partial charge in [-0.2, -0.15) is 9.13 Å². The highest BCUT2D eigenvalue weighted by Gasteiger charge is 2.34. The van der Waals surface area contributed by atoms with E-state index in [2.05, 4.69) is 251 Å². The second kappa shape index (κ2) is 13.9. The Balaban J connectivity index is 1.52. The van der Waals surface area contributed by atoms with Crippen LogP contribution in [-0.4, -0.2) is 9.03 Å². The van der Waals surface area contributed by atoms with Crippen molar-refractivity contribution in [1.82, 2.24) is 9.03 Å². The number of hydrogen-bond donors (Lipinski definition) is 0. The number of hydrogen-bond acceptors (Lipinski definition) is 0. The third-order valence-corrected chi connectivity index (χ3v) is 14.3. The van der Waals surface area contributed by atoms with E-state index in [0.29, 0.717) is 0 Å². The highest BCUT2D eigenvalue weighted by molar-refractivity contribution is 6.27. The Morgan fingerprint density at radius 1 is 0.227 bits per heavy atom. The summed E-state index contributed by atoms with van der Waals surface area (Å²) in [7, 11) is 4.58. The molecule has 4 nitrogen and oxygen atoms in total. The Labute approximate surface area is 380 Å². The average Bonchev–Trinajstić information content (AvgIpc) is 4.07. The second-order valence-corrected chi connectivity index (χ2v) is 17.7. The van der Waals surface area contributed by atoms with Crippen LogP contribution in [0, 0.1) is 0 Å². The predicted molar refractivity (Wildman–Crippen MR) is 275 cm³/mol. The lowest BCUT2D eigenvalue weighted by Gasteiger charge is -2.11. The third-order valence-electron chi connectivity index (χ3n) is 14.3. The van der Waals surface area contributed by atoms with Crippen LogP contribution in [0.2, 0.25) is 0 Å². The van der Waals surface area contributed by atoms with Crippen molar-refractivity contribution in [1.29, 1.82) is 0 Å². The minimum Gasteiger partial charge on any atom is -0.246 e. The molecule has 0 radical (unpaired) electrons. The van der Waals surface area contributed by atoms with Gasteiger partial charge in [0.25, 0.3) is 0 Å². The molecule has 0 aliphatic rings. The Morgan fingerprint density at radius 3 is 0.621 bits per heavy atom. The summed E-state index contributed by atoms with van der Waals surface area (Å²) in [6.45, 7) is 0. The summed E-state index contributed by atoms with van der Waals surface area (Å²) >= 11 is 0. The fraction of sp³-hybridized carbons (Fsp3) is 0.0323. The van der Waals surface area contributed by atoms with E-state index in [1.165, 1.54) is 87.4 Å². The molecule has 0 fully saturated rings. The van der Waals surface area contributed by atoms with Crippen molar-refractivity contribution in [2.24, 2.45) is 14.1 Å². The number of nitrogens with zero attached hydrogens (tertiary/aromatic N) is 4. The SMILES string of the molecule is C[n+]1c2c(-c3ccccc3)c3c4ccccc4c4c(-c5ccccc5)c5c6ccccc6c(c(-c6ccccc6)c6c7ccccc7c(c(-c7ccccc7)c1c1ccccc12)n6n34)[n+]5C. The smallest absolute Gasteiger partial charge is 0.223 e. The molecule has 0 amide bonds. The van der Waals surface area contributed by atoms with Gasteiger partial charge in [-0.05, 0) is 46.5 Å². The van der Waals surface area contributed by atoms with Crippen molar-refractivity contribution < 1.29 is 9.13 Å². The van der Waals surface area contributed by atoms with Crippen molar-refractivity contribution in [3.8, 4) is 44.5 Å². The van der Waals surface area contributed by atoms with Crippen molar-refractivity contribution in [3.05, 3.63) is 218 Å². The molecule has 4 bridgehead atoms. The van der Waals surface area contributed by atoms with E-state index in [9.17, 15) is 0 Å². The van der Waals surface area contributed by atoms with Gasteiger partial charge in [0.2, 0.25) is 22.1 Å². The summed E-state index contributed by atoms with van der Waals surface area (Å²) in [5.74, 6) is 0. The molecule has 0 aliphatic heterocycles. The van der Waals surface area contributed by atoms with Gasteiger partial charge in [-0.25, -0.2) is 9.03 Å². The largest absolute Gasteiger partial charge is 0.246 e. The maximum Gasteiger partial charge on any atom is 0.223 e. The van der Waals surface area contributed by atoms with Crippen LogP contribution >= 0.6 is 0 Å². The van der Waals surface area contributed by atoms with E-state index in [1.807, 2.05) is 0 Å². The fourth-order valence-corrected chi connectivity index (χ4v) is 11.7. The monoisotopic (exact) mass is 842 g/mol. The highest BCUT2D eigenvalue weighted by Crippen LogP contribution is 2.49. The minimum absolute atomic E-state index is 1.14. The summed E-state index contributed by atoms with van der Waals surface area (Å²) in [6, 6.07) is 80.9. The van der Waals surface area contributed by atoms with Crippen LogP contribution in [-0.2, 0) is 14.1 Å². The van der Waals surface area contributed by atoms with Gasteiger partial charge in [0, 0.05) is 21.5 Å². The number of rotatable bonds is 4. The van der Waals surface area contributed by atoms with Gasteiger partial charge in [0.05, 0.1) is 65.9 Å². The number of aromatic nitrogens is 4. The van der Waals surface area contributed by atoms with Crippen LogP contribution in [0.15, 0.2) is 218 Å². The molecule has 4 heteroatoms. The minimum atomic E-state index is 1.14. The van der Waals surface area contributed by atoms with Crippen molar-refractivity contribution in [2.45, 2.75) is 0 Å². The van der Waals surface area contributed by atoms with E-state index in [0.717, 1.165) is 44.3 Å². The quantitative estimate of drug-likeness (QED) is 0.157. The van der Waals surface area contributed by atoms with Gasteiger partial charge in [-0.1, -0.05) is 194 Å². The Hall–Kier alpha value is -8.60. The third kappa shape index (κ3) is 4.87. The van der Waals surface area contributed by atoms with Gasteiger partial charge >= 0.3 is 0 Å². The van der Waals surface area contributed by atoms with Crippen LogP contribution in [0.25, 0.3) is 132 Å². The maximum absolute atomic E-state index is 2.65. The second-order valence-electron chi connectivity index (χ2n) is 17.7. The van der Waals surface area contributed by atoms with Gasteiger partial charge in [-0.3, -0.25) is 0 Å². The standard InChI is InChI=1S/C62H42N4/c1-63-55-43-31-15-16-32-44(43)56(63)52(40-25-9-4-10-26-40)60-48-36-20-22-38-50(48)62-54(42-29-13-6-14-30-42)58-46-34-18-17-33-45(46)57(64(58)2)53(41-27-11-5-12-28-41)61-49-37-21-19-35-47(49)59(65(61)66(60)62)51(55)39-23-7-3-8-24-39/h3-38H,1-2H3/q+2. The summed E-state index contributed by atoms with van der Waals surface area (Å²) in [4.78, 5) is 0. The Morgan fingerprint density at radius 2 is 0.409 bits per heavy atom. The van der Waals surface area contributed by atoms with Crippen LogP contribution in [0.1, 0.15) is 0 Å². The molecule has 0 atom stereocenters. The first kappa shape index (κ1) is 36.8. The molecule has 0 spiro atoms. The van der Waals surface area contributed by atoms with Gasteiger partial charge in [0.1, 0.15) is 14.1 Å². The predicted octanol–water partition coefficient (Wildman–Crippen LogP) is 14.6. The molecule has 0 saturated carbocycles. The summed E-state index contributed by atoms with van der Waals surface area (Å²) in [5, 5.41) is 9.61. The molecule has 6 aromatic heterocycles. The van der Waals surface area contributed by atoms with E-state index in [4.69, 9.17) is 0 Å². The summed E-state index contributed by atoms with van der Waals surface area (Å²) < 4.78 is 10.3. The number of aryl methyl sites for hydroxylation is 2. The summed E-state index contributed by atoms with van der Waals surface area (Å²) in [6.07, 6.45) is 0. The van der Waals surface area contributed by atoms with Crippen LogP contribution in [0.5, 0.6) is 0 Å². The van der Waals surface area contributed by atoms with Crippen LogP contribution in [0.4, 0.5) is 0 Å². The molecule has 14 aromatic rings. The Bertz CT molecular complexity index is 3770. The Kier molecular flexibility index (Phi) is 7.79. The first-order chi connectivity index (χ1) is 32.7. The maximum atomic E-state index is 2.65. The first-order valence-electron chi connectivity index (χ1n) is 22.8. The zero-order valence-corrected chi connectivity index (χ0v) is 36.6. The van der Waals surface area contributed by atoms with E-state index < -0.39 is 0 Å². The lowest BCUT2D eigenvalue weighted by molar-refractivity contribution is -0.615. The normalized spacial score (nSPS) is 12.1. The highest BCUT2D eigenvalue weighted by atomic mass is 15.3. The molecular formula is C62H42N4+2. The first-order valence-corrected chi connectivity index (χ1v) is 22.8.